The van der Waals surface area contributed by atoms with Crippen molar-refractivity contribution in [2.24, 2.45) is 5.41 Å². The molecular formula is C41H41N9O5. The lowest BCUT2D eigenvalue weighted by Crippen LogP contribution is -2.69. The Morgan fingerprint density at radius 3 is 2.31 bits per heavy atom. The molecule has 10 rings (SSSR count). The Labute approximate surface area is 316 Å². The van der Waals surface area contributed by atoms with Gasteiger partial charge in [0.2, 0.25) is 5.91 Å². The van der Waals surface area contributed by atoms with Gasteiger partial charge >= 0.3 is 0 Å². The number of aromatic nitrogens is 4. The Morgan fingerprint density at radius 2 is 1.56 bits per heavy atom. The summed E-state index contributed by atoms with van der Waals surface area (Å²) in [5, 5.41) is 18.7. The van der Waals surface area contributed by atoms with Crippen molar-refractivity contribution in [3.05, 3.63) is 90.3 Å². The van der Waals surface area contributed by atoms with Gasteiger partial charge in [0, 0.05) is 49.9 Å². The largest absolute Gasteiger partial charge is 0.457 e. The third kappa shape index (κ3) is 5.70. The van der Waals surface area contributed by atoms with Crippen molar-refractivity contribution >= 4 is 40.3 Å². The molecular weight excluding hydrogens is 699 g/mol. The Balaban J connectivity index is 0.764. The van der Waals surface area contributed by atoms with Gasteiger partial charge in [-0.2, -0.15) is 5.10 Å². The van der Waals surface area contributed by atoms with Gasteiger partial charge in [-0.3, -0.25) is 24.2 Å². The molecule has 3 aromatic carbocycles. The van der Waals surface area contributed by atoms with E-state index in [9.17, 15) is 19.5 Å². The van der Waals surface area contributed by atoms with Crippen LogP contribution < -0.4 is 20.7 Å². The molecule has 55 heavy (non-hydrogen) atoms. The van der Waals surface area contributed by atoms with Crippen molar-refractivity contribution in [2.75, 3.05) is 36.8 Å². The Kier molecular flexibility index (Phi) is 7.89. The first kappa shape index (κ1) is 33.7. The second kappa shape index (κ2) is 12.9. The van der Waals surface area contributed by atoms with Crippen molar-refractivity contribution in [3.63, 3.8) is 0 Å². The van der Waals surface area contributed by atoms with Gasteiger partial charge in [-0.05, 0) is 92.1 Å². The number of fused-ring (bicyclic) bond motifs is 2. The molecule has 5 aliphatic rings. The maximum Gasteiger partial charge on any atom is 0.262 e. The predicted molar refractivity (Wildman–Crippen MR) is 203 cm³/mol. The molecule has 4 N–H and O–H groups in total. The number of anilines is 2. The first-order valence-electron chi connectivity index (χ1n) is 19.0. The van der Waals surface area contributed by atoms with Crippen LogP contribution in [0.3, 0.4) is 0 Å². The predicted octanol–water partition coefficient (Wildman–Crippen LogP) is 4.37. The molecule has 4 fully saturated rings. The zero-order chi connectivity index (χ0) is 37.4. The standard InChI is InChI=1S/C41H41N9O5/c42-36-34-35(24-6-9-29(10-7-24)55-28-4-2-1-3-5-28)46-50(37(34)44-23-43-36)25-14-16-41(17-15-25)21-48(22-41)27-19-47(20-27)26-8-11-30-31(18-26)40(54)49(39(30)53)32-12-13-33(51)45-38(32)52/h1-11,18,23,25,27,32,38,52H,12-17,19-22H2,(H,45,51)(H2,42,43,44). The molecule has 2 unspecified atom stereocenters. The van der Waals surface area contributed by atoms with E-state index in [4.69, 9.17) is 15.6 Å². The van der Waals surface area contributed by atoms with Crippen molar-refractivity contribution < 1.29 is 24.2 Å². The number of aliphatic hydroxyl groups excluding tert-OH is 1. The monoisotopic (exact) mass is 739 g/mol. The van der Waals surface area contributed by atoms with Crippen LogP contribution in [0.2, 0.25) is 0 Å². The number of nitrogens with two attached hydrogens (primary N) is 1. The summed E-state index contributed by atoms with van der Waals surface area (Å²) in [7, 11) is 0. The van der Waals surface area contributed by atoms with Crippen molar-refractivity contribution in [1.29, 1.82) is 0 Å². The SMILES string of the molecule is Nc1ncnc2c1c(-c1ccc(Oc3ccccc3)cc1)nn2C1CCC2(CC1)CN(C1CN(c3ccc4c(c3)C(=O)N(C3CCC(=O)NC3O)C4=O)C1)C2. The average molecular weight is 740 g/mol. The van der Waals surface area contributed by atoms with Gasteiger partial charge in [0.25, 0.3) is 11.8 Å². The summed E-state index contributed by atoms with van der Waals surface area (Å²) in [5.74, 6) is 0.809. The summed E-state index contributed by atoms with van der Waals surface area (Å²) < 4.78 is 8.08. The lowest BCUT2D eigenvalue weighted by atomic mass is 9.66. The number of carbonyl (C=O) groups excluding carboxylic acids is 3. The number of rotatable bonds is 7. The van der Waals surface area contributed by atoms with Gasteiger partial charge in [0.15, 0.2) is 5.65 Å². The third-order valence-corrected chi connectivity index (χ3v) is 12.4. The van der Waals surface area contributed by atoms with Crippen LogP contribution in [0.4, 0.5) is 11.5 Å². The minimum Gasteiger partial charge on any atom is -0.457 e. The molecule has 3 amide bonds. The number of imide groups is 1. The maximum absolute atomic E-state index is 13.4. The van der Waals surface area contributed by atoms with Crippen LogP contribution in [0.1, 0.15) is 65.3 Å². The van der Waals surface area contributed by atoms with Crippen molar-refractivity contribution in [3.8, 4) is 22.8 Å². The number of nitrogen functional groups attached to an aromatic ring is 1. The number of carbonyl (C=O) groups is 3. The van der Waals surface area contributed by atoms with E-state index in [-0.39, 0.29) is 24.8 Å². The van der Waals surface area contributed by atoms with Crippen LogP contribution >= 0.6 is 0 Å². The molecule has 1 spiro atoms. The number of nitrogens with one attached hydrogen (secondary N) is 1. The molecule has 280 valence electrons. The maximum atomic E-state index is 13.4. The summed E-state index contributed by atoms with van der Waals surface area (Å²) in [5.41, 5.74) is 10.8. The van der Waals surface area contributed by atoms with E-state index in [0.29, 0.717) is 28.4 Å². The number of piperidine rings is 1. The summed E-state index contributed by atoms with van der Waals surface area (Å²) in [6.45, 7) is 3.86. The highest BCUT2D eigenvalue weighted by molar-refractivity contribution is 6.22. The summed E-state index contributed by atoms with van der Waals surface area (Å²) in [6.07, 6.45) is 4.90. The molecule has 5 aromatic rings. The fourth-order valence-corrected chi connectivity index (χ4v) is 9.29. The molecule has 4 aliphatic heterocycles. The van der Waals surface area contributed by atoms with Crippen molar-refractivity contribution in [2.45, 2.75) is 62.9 Å². The van der Waals surface area contributed by atoms with Crippen molar-refractivity contribution in [1.82, 2.24) is 34.9 Å². The second-order valence-corrected chi connectivity index (χ2v) is 15.7. The average Bonchev–Trinajstić information content (AvgIpc) is 3.67. The first-order valence-corrected chi connectivity index (χ1v) is 19.0. The molecule has 14 heteroatoms. The Hall–Kier alpha value is -5.86. The normalized spacial score (nSPS) is 22.8. The quantitative estimate of drug-likeness (QED) is 0.203. The number of benzene rings is 3. The molecule has 3 saturated heterocycles. The highest BCUT2D eigenvalue weighted by Gasteiger charge is 2.50. The van der Waals surface area contributed by atoms with E-state index in [1.54, 1.807) is 12.1 Å². The van der Waals surface area contributed by atoms with E-state index in [0.717, 1.165) is 96.2 Å². The number of ether oxygens (including phenoxy) is 1. The van der Waals surface area contributed by atoms with Crippen LogP contribution in [-0.2, 0) is 4.79 Å². The lowest BCUT2D eigenvalue weighted by molar-refractivity contribution is -0.129. The van der Waals surface area contributed by atoms with E-state index in [1.807, 2.05) is 60.7 Å². The van der Waals surface area contributed by atoms with E-state index in [1.165, 1.54) is 6.33 Å². The molecule has 6 heterocycles. The highest BCUT2D eigenvalue weighted by Crippen LogP contribution is 2.49. The number of likely N-dealkylation sites (tertiary alicyclic amines) is 1. The zero-order valence-corrected chi connectivity index (χ0v) is 30.2. The molecule has 1 aliphatic carbocycles. The zero-order valence-electron chi connectivity index (χ0n) is 30.2. The Morgan fingerprint density at radius 1 is 0.836 bits per heavy atom. The number of hydrogen-bond donors (Lipinski definition) is 3. The third-order valence-electron chi connectivity index (χ3n) is 12.4. The molecule has 0 bridgehead atoms. The summed E-state index contributed by atoms with van der Waals surface area (Å²) in [4.78, 5) is 53.1. The van der Waals surface area contributed by atoms with E-state index >= 15 is 0 Å². The van der Waals surface area contributed by atoms with Gasteiger partial charge < -0.3 is 25.8 Å². The van der Waals surface area contributed by atoms with Gasteiger partial charge in [0.1, 0.15) is 35.6 Å². The van der Waals surface area contributed by atoms with Gasteiger partial charge in [-0.1, -0.05) is 18.2 Å². The summed E-state index contributed by atoms with van der Waals surface area (Å²) in [6, 6.07) is 22.9. The van der Waals surface area contributed by atoms with Gasteiger partial charge in [-0.25, -0.2) is 14.6 Å². The number of para-hydroxylation sites is 1. The number of aliphatic hydroxyl groups is 1. The van der Waals surface area contributed by atoms with E-state index < -0.39 is 24.1 Å². The van der Waals surface area contributed by atoms with Crippen LogP contribution in [0, 0.1) is 5.41 Å². The second-order valence-electron chi connectivity index (χ2n) is 15.7. The topological polar surface area (TPSA) is 172 Å². The van der Waals surface area contributed by atoms with Crippen LogP contribution in [-0.4, -0.2) is 96.9 Å². The van der Waals surface area contributed by atoms with Gasteiger partial charge in [0.05, 0.1) is 28.6 Å². The van der Waals surface area contributed by atoms with Crippen LogP contribution in [0.5, 0.6) is 11.5 Å². The number of hydrogen-bond acceptors (Lipinski definition) is 11. The molecule has 0 radical (unpaired) electrons. The molecule has 2 aromatic heterocycles. The number of nitrogens with zero attached hydrogens (tertiary/aromatic N) is 7. The molecule has 1 saturated carbocycles. The minimum absolute atomic E-state index is 0.157. The lowest BCUT2D eigenvalue weighted by Gasteiger charge is -2.59. The van der Waals surface area contributed by atoms with Crippen LogP contribution in [0.15, 0.2) is 79.1 Å². The smallest absolute Gasteiger partial charge is 0.262 e. The number of amides is 3. The van der Waals surface area contributed by atoms with E-state index in [2.05, 4.69) is 29.8 Å². The highest BCUT2D eigenvalue weighted by atomic mass is 16.5. The van der Waals surface area contributed by atoms with Gasteiger partial charge in [-0.15, -0.1) is 0 Å². The summed E-state index contributed by atoms with van der Waals surface area (Å²) >= 11 is 0. The minimum atomic E-state index is -1.27. The first-order chi connectivity index (χ1) is 26.7. The molecule has 14 nitrogen and oxygen atoms in total. The fourth-order valence-electron chi connectivity index (χ4n) is 9.29. The fraction of sp³-hybridized carbons (Fsp3) is 0.366. The van der Waals surface area contributed by atoms with Crippen LogP contribution in [0.25, 0.3) is 22.3 Å². The Bertz CT molecular complexity index is 2330. The molecule has 2 atom stereocenters.